The molecule has 23 heavy (non-hydrogen) atoms. The monoisotopic (exact) mass is 312 g/mol. The maximum absolute atomic E-state index is 6.00. The molecule has 3 heteroatoms. The normalized spacial score (nSPS) is 20.8. The second-order valence-electron chi connectivity index (χ2n) is 6.21. The fraction of sp³-hybridized carbons (Fsp3) is 0.400. The summed E-state index contributed by atoms with van der Waals surface area (Å²) >= 11 is 0. The Bertz CT molecular complexity index is 548. The van der Waals surface area contributed by atoms with Crippen molar-refractivity contribution < 1.29 is 14.2 Å². The van der Waals surface area contributed by atoms with E-state index in [9.17, 15) is 0 Å². The number of ether oxygens (including phenoxy) is 3. The molecule has 3 nitrogen and oxygen atoms in total. The summed E-state index contributed by atoms with van der Waals surface area (Å²) in [6.07, 6.45) is 0.00324. The van der Waals surface area contributed by atoms with E-state index >= 15 is 0 Å². The average molecular weight is 312 g/mol. The molecule has 0 spiro atoms. The van der Waals surface area contributed by atoms with E-state index in [1.807, 2.05) is 0 Å². The minimum Gasteiger partial charge on any atom is -0.376 e. The molecule has 0 bridgehead atoms. The third kappa shape index (κ3) is 4.64. The second kappa shape index (κ2) is 7.73. The maximum atomic E-state index is 6.00. The highest BCUT2D eigenvalue weighted by Crippen LogP contribution is 2.18. The zero-order chi connectivity index (χ0) is 16.1. The molecule has 0 radical (unpaired) electrons. The molecule has 2 atom stereocenters. The van der Waals surface area contributed by atoms with E-state index in [0.717, 1.165) is 0 Å². The van der Waals surface area contributed by atoms with Gasteiger partial charge in [-0.2, -0.15) is 0 Å². The molecule has 0 aromatic heterocycles. The third-order valence-electron chi connectivity index (χ3n) is 4.15. The van der Waals surface area contributed by atoms with Crippen molar-refractivity contribution in [2.45, 2.75) is 39.3 Å². The van der Waals surface area contributed by atoms with E-state index in [1.165, 1.54) is 22.3 Å². The Kier molecular flexibility index (Phi) is 5.44. The van der Waals surface area contributed by atoms with E-state index in [1.54, 1.807) is 0 Å². The van der Waals surface area contributed by atoms with Crippen LogP contribution in [0.15, 0.2) is 48.5 Å². The first-order chi connectivity index (χ1) is 11.2. The van der Waals surface area contributed by atoms with Crippen LogP contribution in [0.25, 0.3) is 0 Å². The first-order valence-electron chi connectivity index (χ1n) is 8.13. The van der Waals surface area contributed by atoms with Gasteiger partial charge in [-0.1, -0.05) is 59.7 Å². The summed E-state index contributed by atoms with van der Waals surface area (Å²) in [5.74, 6) is 0. The third-order valence-corrected chi connectivity index (χ3v) is 4.15. The molecule has 1 heterocycles. The van der Waals surface area contributed by atoms with Crippen molar-refractivity contribution in [2.75, 3.05) is 13.2 Å². The smallest absolute Gasteiger partial charge is 0.110 e. The van der Waals surface area contributed by atoms with Gasteiger partial charge in [0, 0.05) is 0 Å². The van der Waals surface area contributed by atoms with E-state index in [2.05, 4.69) is 62.4 Å². The van der Waals surface area contributed by atoms with Crippen LogP contribution in [-0.2, 0) is 27.4 Å². The first kappa shape index (κ1) is 16.2. The van der Waals surface area contributed by atoms with E-state index in [0.29, 0.717) is 26.4 Å². The van der Waals surface area contributed by atoms with Gasteiger partial charge in [-0.05, 0) is 25.0 Å². The quantitative estimate of drug-likeness (QED) is 0.812. The lowest BCUT2D eigenvalue weighted by atomic mass is 10.1. The van der Waals surface area contributed by atoms with Crippen LogP contribution in [0.4, 0.5) is 0 Å². The molecule has 0 aliphatic carbocycles. The fourth-order valence-corrected chi connectivity index (χ4v) is 2.60. The van der Waals surface area contributed by atoms with Crippen molar-refractivity contribution in [3.63, 3.8) is 0 Å². The summed E-state index contributed by atoms with van der Waals surface area (Å²) in [6, 6.07) is 16.8. The number of benzene rings is 2. The lowest BCUT2D eigenvalue weighted by Crippen LogP contribution is -2.29. The molecular weight excluding hydrogens is 288 g/mol. The Morgan fingerprint density at radius 1 is 0.739 bits per heavy atom. The molecule has 1 aliphatic rings. The van der Waals surface area contributed by atoms with Gasteiger partial charge < -0.3 is 14.2 Å². The Morgan fingerprint density at radius 3 is 1.52 bits per heavy atom. The first-order valence-corrected chi connectivity index (χ1v) is 8.13. The SMILES string of the molecule is Cc1ccc(CO[C@H]2COC[C@@H]2OCc2ccc(C)cc2)cc1. The summed E-state index contributed by atoms with van der Waals surface area (Å²) in [4.78, 5) is 0. The van der Waals surface area contributed by atoms with Crippen molar-refractivity contribution in [2.24, 2.45) is 0 Å². The predicted octanol–water partition coefficient (Wildman–Crippen LogP) is 3.80. The predicted molar refractivity (Wildman–Crippen MR) is 90.3 cm³/mol. The Labute approximate surface area is 138 Å². The van der Waals surface area contributed by atoms with Gasteiger partial charge >= 0.3 is 0 Å². The highest BCUT2D eigenvalue weighted by molar-refractivity contribution is 5.21. The van der Waals surface area contributed by atoms with Gasteiger partial charge in [-0.25, -0.2) is 0 Å². The highest BCUT2D eigenvalue weighted by Gasteiger charge is 2.29. The van der Waals surface area contributed by atoms with Crippen LogP contribution in [0.2, 0.25) is 0 Å². The largest absolute Gasteiger partial charge is 0.376 e. The van der Waals surface area contributed by atoms with Gasteiger partial charge in [0.15, 0.2) is 0 Å². The number of aryl methyl sites for hydroxylation is 2. The summed E-state index contributed by atoms with van der Waals surface area (Å²) in [5, 5.41) is 0. The van der Waals surface area contributed by atoms with Crippen LogP contribution in [0.1, 0.15) is 22.3 Å². The zero-order valence-corrected chi connectivity index (χ0v) is 13.8. The molecule has 2 aromatic carbocycles. The molecule has 3 rings (SSSR count). The summed E-state index contributed by atoms with van der Waals surface area (Å²) in [7, 11) is 0. The van der Waals surface area contributed by atoms with E-state index in [-0.39, 0.29) is 12.2 Å². The molecular formula is C20H24O3. The molecule has 0 amide bonds. The van der Waals surface area contributed by atoms with Gasteiger partial charge in [0.2, 0.25) is 0 Å². The van der Waals surface area contributed by atoms with Crippen LogP contribution in [0.3, 0.4) is 0 Å². The summed E-state index contributed by atoms with van der Waals surface area (Å²) < 4.78 is 17.5. The number of hydrogen-bond donors (Lipinski definition) is 0. The van der Waals surface area contributed by atoms with Gasteiger partial charge in [-0.3, -0.25) is 0 Å². The summed E-state index contributed by atoms with van der Waals surface area (Å²) in [6.45, 7) is 6.57. The number of hydrogen-bond acceptors (Lipinski definition) is 3. The molecule has 1 aliphatic heterocycles. The second-order valence-corrected chi connectivity index (χ2v) is 6.21. The Hall–Kier alpha value is -1.68. The van der Waals surface area contributed by atoms with Crippen molar-refractivity contribution in [1.29, 1.82) is 0 Å². The minimum atomic E-state index is 0.00162. The van der Waals surface area contributed by atoms with Crippen molar-refractivity contribution in [3.8, 4) is 0 Å². The van der Waals surface area contributed by atoms with Gasteiger partial charge in [0.25, 0.3) is 0 Å². The van der Waals surface area contributed by atoms with Crippen LogP contribution < -0.4 is 0 Å². The molecule has 122 valence electrons. The molecule has 0 saturated carbocycles. The standard InChI is InChI=1S/C20H24O3/c1-15-3-7-17(8-4-15)11-22-19-13-21-14-20(19)23-12-18-9-5-16(2)6-10-18/h3-10,19-20H,11-14H2,1-2H3/t19-,20-/m0/s1. The average Bonchev–Trinajstić information content (AvgIpc) is 3.01. The van der Waals surface area contributed by atoms with Gasteiger partial charge in [-0.15, -0.1) is 0 Å². The molecule has 0 N–H and O–H groups in total. The van der Waals surface area contributed by atoms with Crippen LogP contribution >= 0.6 is 0 Å². The maximum Gasteiger partial charge on any atom is 0.110 e. The molecule has 1 saturated heterocycles. The lowest BCUT2D eigenvalue weighted by Gasteiger charge is -2.19. The lowest BCUT2D eigenvalue weighted by molar-refractivity contribution is -0.0591. The zero-order valence-electron chi connectivity index (χ0n) is 13.8. The molecule has 0 unspecified atom stereocenters. The van der Waals surface area contributed by atoms with Crippen molar-refractivity contribution in [1.82, 2.24) is 0 Å². The Balaban J connectivity index is 1.49. The summed E-state index contributed by atoms with van der Waals surface area (Å²) in [5.41, 5.74) is 4.88. The van der Waals surface area contributed by atoms with Crippen LogP contribution in [-0.4, -0.2) is 25.4 Å². The minimum absolute atomic E-state index is 0.00162. The van der Waals surface area contributed by atoms with Crippen LogP contribution in [0.5, 0.6) is 0 Å². The van der Waals surface area contributed by atoms with Crippen molar-refractivity contribution in [3.05, 3.63) is 70.8 Å². The Morgan fingerprint density at radius 2 is 1.13 bits per heavy atom. The fourth-order valence-electron chi connectivity index (χ4n) is 2.60. The molecule has 2 aromatic rings. The van der Waals surface area contributed by atoms with E-state index in [4.69, 9.17) is 14.2 Å². The highest BCUT2D eigenvalue weighted by atomic mass is 16.6. The van der Waals surface area contributed by atoms with Crippen LogP contribution in [0, 0.1) is 13.8 Å². The van der Waals surface area contributed by atoms with Crippen molar-refractivity contribution >= 4 is 0 Å². The van der Waals surface area contributed by atoms with Gasteiger partial charge in [0.1, 0.15) is 12.2 Å². The van der Waals surface area contributed by atoms with E-state index < -0.39 is 0 Å². The number of rotatable bonds is 6. The molecule has 1 fully saturated rings. The topological polar surface area (TPSA) is 27.7 Å². The van der Waals surface area contributed by atoms with Gasteiger partial charge in [0.05, 0.1) is 26.4 Å².